The van der Waals surface area contributed by atoms with Crippen molar-refractivity contribution in [2.45, 2.75) is 6.92 Å². The molecule has 0 unspecified atom stereocenters. The Balaban J connectivity index is 2.01. The number of aromatic amines is 1. The molecule has 0 aliphatic heterocycles. The van der Waals surface area contributed by atoms with E-state index in [1.54, 1.807) is 36.4 Å². The van der Waals surface area contributed by atoms with Crippen LogP contribution in [0.4, 0.5) is 0 Å². The van der Waals surface area contributed by atoms with Crippen LogP contribution in [0.3, 0.4) is 0 Å². The minimum Gasteiger partial charge on any atom is -0.493 e. The molecule has 124 valence electrons. The quantitative estimate of drug-likeness (QED) is 0.554. The predicted molar refractivity (Wildman–Crippen MR) is 98.0 cm³/mol. The lowest BCUT2D eigenvalue weighted by molar-refractivity contribution is 0.355. The molecule has 0 amide bonds. The molecule has 1 aromatic carbocycles. The molecule has 24 heavy (non-hydrogen) atoms. The number of aromatic nitrogens is 3. The van der Waals surface area contributed by atoms with Gasteiger partial charge in [-0.2, -0.15) is 14.9 Å². The van der Waals surface area contributed by atoms with Crippen molar-refractivity contribution in [3.63, 3.8) is 0 Å². The molecule has 3 aromatic rings. The lowest BCUT2D eigenvalue weighted by Crippen LogP contribution is -1.96. The number of methoxy groups -OCH3 is 2. The molecule has 1 N–H and O–H groups in total. The zero-order chi connectivity index (χ0) is 17.1. The number of aryl methyl sites for hydroxylation is 1. The van der Waals surface area contributed by atoms with E-state index in [2.05, 4.69) is 28.3 Å². The van der Waals surface area contributed by atoms with Crippen molar-refractivity contribution >= 4 is 29.8 Å². The summed E-state index contributed by atoms with van der Waals surface area (Å²) in [6.07, 6.45) is 1.77. The van der Waals surface area contributed by atoms with Crippen molar-refractivity contribution in [2.75, 3.05) is 14.2 Å². The Morgan fingerprint density at radius 2 is 2.00 bits per heavy atom. The maximum atomic E-state index is 5.34. The summed E-state index contributed by atoms with van der Waals surface area (Å²) in [5.74, 6) is 1.87. The maximum Gasteiger partial charge on any atom is 0.216 e. The Hall–Kier alpha value is -2.45. The number of thiophene rings is 1. The Kier molecular flexibility index (Phi) is 4.77. The molecule has 3 rings (SSSR count). The van der Waals surface area contributed by atoms with E-state index in [1.807, 2.05) is 24.3 Å². The average Bonchev–Trinajstić information content (AvgIpc) is 3.17. The van der Waals surface area contributed by atoms with Crippen LogP contribution in [0, 0.1) is 11.7 Å². The molecule has 2 aromatic heterocycles. The summed E-state index contributed by atoms with van der Waals surface area (Å²) in [6.45, 7) is 2.06. The van der Waals surface area contributed by atoms with Crippen LogP contribution in [0.25, 0.3) is 11.4 Å². The van der Waals surface area contributed by atoms with Crippen molar-refractivity contribution in [1.82, 2.24) is 14.9 Å². The summed E-state index contributed by atoms with van der Waals surface area (Å²) < 4.78 is 12.6. The Morgan fingerprint density at radius 3 is 2.67 bits per heavy atom. The normalized spacial score (nSPS) is 11.1. The van der Waals surface area contributed by atoms with E-state index in [1.165, 1.54) is 4.88 Å². The topological polar surface area (TPSA) is 64.4 Å². The molecule has 0 aliphatic carbocycles. The van der Waals surface area contributed by atoms with E-state index < -0.39 is 0 Å². The maximum absolute atomic E-state index is 5.34. The lowest BCUT2D eigenvalue weighted by Gasteiger charge is -2.08. The zero-order valence-electron chi connectivity index (χ0n) is 13.4. The zero-order valence-corrected chi connectivity index (χ0v) is 15.1. The van der Waals surface area contributed by atoms with Crippen molar-refractivity contribution in [2.24, 2.45) is 5.10 Å². The van der Waals surface area contributed by atoms with Crippen LogP contribution < -0.4 is 9.47 Å². The molecule has 0 aliphatic rings. The van der Waals surface area contributed by atoms with Gasteiger partial charge in [-0.1, -0.05) is 0 Å². The Morgan fingerprint density at radius 1 is 1.21 bits per heavy atom. The van der Waals surface area contributed by atoms with Gasteiger partial charge in [0.25, 0.3) is 0 Å². The minimum atomic E-state index is 0.421. The number of hydrogen-bond donors (Lipinski definition) is 1. The highest BCUT2D eigenvalue weighted by Crippen LogP contribution is 2.31. The second-order valence-electron chi connectivity index (χ2n) is 4.93. The van der Waals surface area contributed by atoms with Crippen LogP contribution >= 0.6 is 23.6 Å². The van der Waals surface area contributed by atoms with Gasteiger partial charge in [0.1, 0.15) is 0 Å². The number of ether oxygens (including phenoxy) is 2. The summed E-state index contributed by atoms with van der Waals surface area (Å²) in [5.41, 5.74) is 0.819. The molecule has 0 fully saturated rings. The predicted octanol–water partition coefficient (Wildman–Crippen LogP) is 3.88. The first-order valence-corrected chi connectivity index (χ1v) is 8.35. The van der Waals surface area contributed by atoms with Crippen LogP contribution in [0.5, 0.6) is 11.5 Å². The average molecular weight is 360 g/mol. The lowest BCUT2D eigenvalue weighted by atomic mass is 10.2. The molecular weight excluding hydrogens is 344 g/mol. The second-order valence-corrected chi connectivity index (χ2v) is 6.63. The van der Waals surface area contributed by atoms with Crippen molar-refractivity contribution in [3.8, 4) is 22.9 Å². The van der Waals surface area contributed by atoms with E-state index >= 15 is 0 Å². The largest absolute Gasteiger partial charge is 0.493 e. The van der Waals surface area contributed by atoms with Gasteiger partial charge in [-0.25, -0.2) is 5.10 Å². The molecular formula is C16H16N4O2S2. The van der Waals surface area contributed by atoms with Crippen LogP contribution in [0.1, 0.15) is 9.75 Å². The third-order valence-electron chi connectivity index (χ3n) is 3.35. The summed E-state index contributed by atoms with van der Waals surface area (Å²) in [6, 6.07) is 9.61. The Bertz CT molecular complexity index is 940. The number of H-pyrrole nitrogens is 1. The van der Waals surface area contributed by atoms with Crippen LogP contribution in [0.15, 0.2) is 35.4 Å². The van der Waals surface area contributed by atoms with Gasteiger partial charge in [0.2, 0.25) is 4.77 Å². The molecule has 6 nitrogen and oxygen atoms in total. The molecule has 2 heterocycles. The van der Waals surface area contributed by atoms with Crippen molar-refractivity contribution < 1.29 is 9.47 Å². The van der Waals surface area contributed by atoms with Gasteiger partial charge >= 0.3 is 0 Å². The second kappa shape index (κ2) is 6.98. The standard InChI is InChI=1S/C16H16N4O2S2/c1-10-4-6-12(24-10)9-17-20-15(18-19-16(20)23)11-5-7-13(21-2)14(8-11)22-3/h4-9H,1-3H3,(H,19,23). The van der Waals surface area contributed by atoms with Crippen LogP contribution in [-0.2, 0) is 0 Å². The first-order chi connectivity index (χ1) is 11.6. The highest BCUT2D eigenvalue weighted by Gasteiger charge is 2.12. The third-order valence-corrected chi connectivity index (χ3v) is 4.55. The SMILES string of the molecule is COc1ccc(-c2n[nH]c(=S)n2N=Cc2ccc(C)s2)cc1OC. The molecule has 0 radical (unpaired) electrons. The van der Waals surface area contributed by atoms with Gasteiger partial charge in [-0.15, -0.1) is 11.3 Å². The molecule has 8 heteroatoms. The summed E-state index contributed by atoms with van der Waals surface area (Å²) >= 11 is 6.95. The minimum absolute atomic E-state index is 0.421. The van der Waals surface area contributed by atoms with Gasteiger partial charge in [0.05, 0.1) is 20.4 Å². The smallest absolute Gasteiger partial charge is 0.216 e. The number of nitrogens with one attached hydrogen (secondary N) is 1. The molecule has 0 atom stereocenters. The fraction of sp³-hybridized carbons (Fsp3) is 0.188. The van der Waals surface area contributed by atoms with E-state index in [9.17, 15) is 0 Å². The van der Waals surface area contributed by atoms with Crippen molar-refractivity contribution in [1.29, 1.82) is 0 Å². The molecule has 0 saturated heterocycles. The van der Waals surface area contributed by atoms with Gasteiger partial charge in [0.15, 0.2) is 17.3 Å². The molecule has 0 saturated carbocycles. The fourth-order valence-corrected chi connectivity index (χ4v) is 3.12. The van der Waals surface area contributed by atoms with Gasteiger partial charge in [-0.3, -0.25) is 0 Å². The number of nitrogens with zero attached hydrogens (tertiary/aromatic N) is 3. The molecule has 0 bridgehead atoms. The highest BCUT2D eigenvalue weighted by molar-refractivity contribution is 7.71. The first-order valence-electron chi connectivity index (χ1n) is 7.13. The van der Waals surface area contributed by atoms with Crippen LogP contribution in [0.2, 0.25) is 0 Å². The highest BCUT2D eigenvalue weighted by atomic mass is 32.1. The summed E-state index contributed by atoms with van der Waals surface area (Å²) in [5, 5.41) is 11.5. The number of rotatable bonds is 5. The molecule has 0 spiro atoms. The first kappa shape index (κ1) is 16.4. The number of hydrogen-bond acceptors (Lipinski definition) is 6. The van der Waals surface area contributed by atoms with Gasteiger partial charge < -0.3 is 9.47 Å². The van der Waals surface area contributed by atoms with Crippen LogP contribution in [-0.4, -0.2) is 35.3 Å². The van der Waals surface area contributed by atoms with E-state index in [0.29, 0.717) is 22.1 Å². The fourth-order valence-electron chi connectivity index (χ4n) is 2.20. The van der Waals surface area contributed by atoms with Crippen molar-refractivity contribution in [3.05, 3.63) is 44.9 Å². The Labute approximate surface area is 148 Å². The van der Waals surface area contributed by atoms with Gasteiger partial charge in [0, 0.05) is 15.3 Å². The van der Waals surface area contributed by atoms with E-state index in [-0.39, 0.29) is 0 Å². The monoisotopic (exact) mass is 360 g/mol. The third kappa shape index (κ3) is 3.24. The number of benzene rings is 1. The van der Waals surface area contributed by atoms with E-state index in [0.717, 1.165) is 10.4 Å². The summed E-state index contributed by atoms with van der Waals surface area (Å²) in [4.78, 5) is 2.28. The van der Waals surface area contributed by atoms with E-state index in [4.69, 9.17) is 21.7 Å². The summed E-state index contributed by atoms with van der Waals surface area (Å²) in [7, 11) is 3.19. The van der Waals surface area contributed by atoms with Gasteiger partial charge in [-0.05, 0) is 49.5 Å².